The van der Waals surface area contributed by atoms with Crippen LogP contribution in [0.15, 0.2) is 42.7 Å². The first kappa shape index (κ1) is 20.3. The molecule has 0 radical (unpaired) electrons. The fourth-order valence-corrected chi connectivity index (χ4v) is 2.80. The summed E-state index contributed by atoms with van der Waals surface area (Å²) in [7, 11) is 0. The Hall–Kier alpha value is -1.99. The van der Waals surface area contributed by atoms with Crippen molar-refractivity contribution in [3.63, 3.8) is 0 Å². The summed E-state index contributed by atoms with van der Waals surface area (Å²) in [6, 6.07) is 9.23. The fraction of sp³-hybridized carbons (Fsp3) is 0.368. The summed E-state index contributed by atoms with van der Waals surface area (Å²) in [5.41, 5.74) is 2.07. The Morgan fingerprint density at radius 1 is 1.15 bits per heavy atom. The average molecular weight is 389 g/mol. The maximum Gasteiger partial charge on any atom is 0.252 e. The normalized spacial score (nSPS) is 10.4. The Bertz CT molecular complexity index is 707. The van der Waals surface area contributed by atoms with E-state index in [-0.39, 0.29) is 5.91 Å². The number of thiol groups is 1. The molecule has 138 valence electrons. The molecular formula is C19H24N4OS2. The second kappa shape index (κ2) is 10.9. The van der Waals surface area contributed by atoms with Crippen molar-refractivity contribution in [3.8, 4) is 11.4 Å². The van der Waals surface area contributed by atoms with Gasteiger partial charge in [0.15, 0.2) is 0 Å². The monoisotopic (exact) mass is 388 g/mol. The molecule has 0 aromatic carbocycles. The zero-order valence-corrected chi connectivity index (χ0v) is 16.6. The van der Waals surface area contributed by atoms with E-state index in [0.29, 0.717) is 16.4 Å². The summed E-state index contributed by atoms with van der Waals surface area (Å²) in [5, 5.41) is 2.92. The molecule has 1 N–H and O–H groups in total. The molecular weight excluding hydrogens is 364 g/mol. The van der Waals surface area contributed by atoms with Gasteiger partial charge < -0.3 is 10.2 Å². The second-order valence-corrected chi connectivity index (χ2v) is 6.99. The van der Waals surface area contributed by atoms with Crippen molar-refractivity contribution in [3.05, 3.63) is 48.3 Å². The Morgan fingerprint density at radius 3 is 2.54 bits per heavy atom. The molecule has 26 heavy (non-hydrogen) atoms. The lowest BCUT2D eigenvalue weighted by Gasteiger charge is -2.22. The van der Waals surface area contributed by atoms with Crippen LogP contribution >= 0.6 is 24.8 Å². The fourth-order valence-electron chi connectivity index (χ4n) is 2.42. The smallest absolute Gasteiger partial charge is 0.252 e. The number of unbranched alkanes of at least 4 members (excludes halogenated alkanes) is 1. The first-order chi connectivity index (χ1) is 12.6. The summed E-state index contributed by atoms with van der Waals surface area (Å²) in [6.07, 6.45) is 6.32. The van der Waals surface area contributed by atoms with Crippen LogP contribution in [0.5, 0.6) is 0 Å². The van der Waals surface area contributed by atoms with Gasteiger partial charge in [0.2, 0.25) is 0 Å². The summed E-state index contributed by atoms with van der Waals surface area (Å²) in [6.45, 7) is 4.43. The highest BCUT2D eigenvalue weighted by Gasteiger charge is 2.08. The lowest BCUT2D eigenvalue weighted by atomic mass is 10.2. The van der Waals surface area contributed by atoms with Crippen molar-refractivity contribution in [2.75, 3.05) is 19.6 Å². The van der Waals surface area contributed by atoms with Crippen LogP contribution in [-0.2, 0) is 0 Å². The first-order valence-corrected chi connectivity index (χ1v) is 9.61. The van der Waals surface area contributed by atoms with Crippen LogP contribution in [0.4, 0.5) is 0 Å². The Labute approximate surface area is 165 Å². The van der Waals surface area contributed by atoms with Crippen molar-refractivity contribution >= 4 is 35.1 Å². The molecule has 0 saturated heterocycles. The summed E-state index contributed by atoms with van der Waals surface area (Å²) < 4.78 is 0.610. The minimum Gasteiger partial charge on any atom is -0.358 e. The van der Waals surface area contributed by atoms with Gasteiger partial charge in [-0.1, -0.05) is 31.6 Å². The van der Waals surface area contributed by atoms with Crippen LogP contribution in [0.1, 0.15) is 36.5 Å². The number of carbonyl (C=O) groups excluding carboxylic acids is 1. The van der Waals surface area contributed by atoms with Crippen LogP contribution in [0.25, 0.3) is 11.4 Å². The van der Waals surface area contributed by atoms with Crippen LogP contribution in [0.2, 0.25) is 0 Å². The number of rotatable bonds is 9. The maximum absolute atomic E-state index is 12.2. The zero-order valence-electron chi connectivity index (χ0n) is 14.9. The third-order valence-corrected chi connectivity index (χ3v) is 4.44. The van der Waals surface area contributed by atoms with E-state index in [9.17, 15) is 4.79 Å². The Kier molecular flexibility index (Phi) is 8.50. The van der Waals surface area contributed by atoms with E-state index < -0.39 is 0 Å². The number of hydrogen-bond donors (Lipinski definition) is 2. The lowest BCUT2D eigenvalue weighted by molar-refractivity contribution is 0.0952. The molecule has 0 aliphatic carbocycles. The third-order valence-electron chi connectivity index (χ3n) is 3.90. The van der Waals surface area contributed by atoms with Crippen molar-refractivity contribution in [1.29, 1.82) is 0 Å². The van der Waals surface area contributed by atoms with E-state index in [1.165, 1.54) is 0 Å². The van der Waals surface area contributed by atoms with Crippen LogP contribution < -0.4 is 5.32 Å². The number of pyridine rings is 2. The largest absolute Gasteiger partial charge is 0.358 e. The standard InChI is InChI=1S/C19H24N4OS2/c1-2-3-12-23(19(25)26)13-6-11-21-18(24)15-8-9-17(22-14-15)16-7-4-5-10-20-16/h4-5,7-10,14H,2-3,6,11-13H2,1H3,(H,21,24)(H,25,26). The molecule has 0 fully saturated rings. The average Bonchev–Trinajstić information content (AvgIpc) is 2.67. The highest BCUT2D eigenvalue weighted by Crippen LogP contribution is 2.13. The number of hydrogen-bond acceptors (Lipinski definition) is 4. The lowest BCUT2D eigenvalue weighted by Crippen LogP contribution is -2.32. The first-order valence-electron chi connectivity index (χ1n) is 8.75. The molecule has 2 heterocycles. The quantitative estimate of drug-likeness (QED) is 0.391. The number of amides is 1. The SMILES string of the molecule is CCCCN(CCCNC(=O)c1ccc(-c2ccccn2)nc1)C(=S)S. The van der Waals surface area contributed by atoms with E-state index >= 15 is 0 Å². The molecule has 0 atom stereocenters. The van der Waals surface area contributed by atoms with Gasteiger partial charge in [0.05, 0.1) is 17.0 Å². The van der Waals surface area contributed by atoms with Gasteiger partial charge in [-0.05, 0) is 37.1 Å². The Morgan fingerprint density at radius 2 is 1.92 bits per heavy atom. The molecule has 0 spiro atoms. The predicted octanol–water partition coefficient (Wildman–Crippen LogP) is 3.58. The molecule has 5 nitrogen and oxygen atoms in total. The summed E-state index contributed by atoms with van der Waals surface area (Å²) in [4.78, 5) is 22.9. The zero-order chi connectivity index (χ0) is 18.8. The van der Waals surface area contributed by atoms with Gasteiger partial charge >= 0.3 is 0 Å². The van der Waals surface area contributed by atoms with Gasteiger partial charge in [0.25, 0.3) is 5.91 Å². The molecule has 2 aromatic rings. The predicted molar refractivity (Wildman–Crippen MR) is 112 cm³/mol. The third kappa shape index (κ3) is 6.38. The summed E-state index contributed by atoms with van der Waals surface area (Å²) in [5.74, 6) is -0.126. The molecule has 0 aliphatic heterocycles. The van der Waals surface area contributed by atoms with E-state index in [1.807, 2.05) is 24.3 Å². The number of nitrogens with one attached hydrogen (secondary N) is 1. The van der Waals surface area contributed by atoms with Gasteiger partial charge in [0, 0.05) is 32.0 Å². The van der Waals surface area contributed by atoms with E-state index in [0.717, 1.165) is 43.7 Å². The molecule has 2 aromatic heterocycles. The van der Waals surface area contributed by atoms with E-state index in [4.69, 9.17) is 12.2 Å². The van der Waals surface area contributed by atoms with Gasteiger partial charge in [-0.2, -0.15) is 0 Å². The highest BCUT2D eigenvalue weighted by atomic mass is 32.1. The highest BCUT2D eigenvalue weighted by molar-refractivity contribution is 8.10. The number of thiocarbonyl (C=S) groups is 1. The van der Waals surface area contributed by atoms with Gasteiger partial charge in [-0.25, -0.2) is 0 Å². The van der Waals surface area contributed by atoms with Crippen molar-refractivity contribution in [2.24, 2.45) is 0 Å². The van der Waals surface area contributed by atoms with Crippen LogP contribution in [-0.4, -0.2) is 44.7 Å². The molecule has 7 heteroatoms. The Balaban J connectivity index is 1.80. The summed E-state index contributed by atoms with van der Waals surface area (Å²) >= 11 is 9.41. The van der Waals surface area contributed by atoms with Crippen LogP contribution in [0, 0.1) is 0 Å². The molecule has 1 amide bonds. The van der Waals surface area contributed by atoms with Crippen molar-refractivity contribution in [1.82, 2.24) is 20.2 Å². The van der Waals surface area contributed by atoms with Gasteiger partial charge in [-0.3, -0.25) is 14.8 Å². The minimum absolute atomic E-state index is 0.126. The molecule has 0 bridgehead atoms. The number of nitrogens with zero attached hydrogens (tertiary/aromatic N) is 3. The topological polar surface area (TPSA) is 58.1 Å². The number of aromatic nitrogens is 2. The van der Waals surface area contributed by atoms with E-state index in [2.05, 4.69) is 39.7 Å². The molecule has 0 saturated carbocycles. The van der Waals surface area contributed by atoms with Crippen molar-refractivity contribution in [2.45, 2.75) is 26.2 Å². The van der Waals surface area contributed by atoms with Gasteiger partial charge in [-0.15, -0.1) is 12.6 Å². The molecule has 0 unspecified atom stereocenters. The van der Waals surface area contributed by atoms with Crippen LogP contribution in [0.3, 0.4) is 0 Å². The number of carbonyl (C=O) groups is 1. The van der Waals surface area contributed by atoms with Crippen molar-refractivity contribution < 1.29 is 4.79 Å². The second-order valence-electron chi connectivity index (χ2n) is 5.88. The molecule has 2 rings (SSSR count). The minimum atomic E-state index is -0.126. The van der Waals surface area contributed by atoms with Gasteiger partial charge in [0.1, 0.15) is 4.32 Å². The molecule has 0 aliphatic rings. The maximum atomic E-state index is 12.2. The van der Waals surface area contributed by atoms with E-state index in [1.54, 1.807) is 18.5 Å².